The van der Waals surface area contributed by atoms with Crippen molar-refractivity contribution in [3.05, 3.63) is 52.6 Å². The molecule has 0 aliphatic heterocycles. The third-order valence-corrected chi connectivity index (χ3v) is 5.65. The second-order valence-corrected chi connectivity index (χ2v) is 9.34. The van der Waals surface area contributed by atoms with Crippen molar-refractivity contribution in [2.24, 2.45) is 0 Å². The molecular formula is C21H25Cl2Ti. The van der Waals surface area contributed by atoms with E-state index in [1.54, 1.807) is 0 Å². The summed E-state index contributed by atoms with van der Waals surface area (Å²) in [7, 11) is 0. The van der Waals surface area contributed by atoms with Crippen LogP contribution in [0.15, 0.2) is 30.3 Å². The Hall–Kier alpha value is -0.266. The summed E-state index contributed by atoms with van der Waals surface area (Å²) in [5.41, 5.74) is 9.25. The molecule has 2 aromatic carbocycles. The molecule has 0 saturated carbocycles. The van der Waals surface area contributed by atoms with Crippen LogP contribution < -0.4 is 28.7 Å². The quantitative estimate of drug-likeness (QED) is 0.430. The first-order chi connectivity index (χ1) is 10.1. The minimum atomic E-state index is 0. The molecule has 0 unspecified atom stereocenters. The van der Waals surface area contributed by atoms with Crippen molar-refractivity contribution in [3.8, 4) is 11.1 Å². The predicted octanol–water partition coefficient (Wildman–Crippen LogP) is -0.967. The molecule has 0 radical (unpaired) electrons. The summed E-state index contributed by atoms with van der Waals surface area (Å²) in [5, 5.41) is 0. The molecule has 0 amide bonds. The number of halogens is 2. The van der Waals surface area contributed by atoms with E-state index in [4.69, 9.17) is 0 Å². The number of hydrogen-bond donors (Lipinski definition) is 0. The minimum Gasteiger partial charge on any atom is -1.00 e. The van der Waals surface area contributed by atoms with Gasteiger partial charge in [-0.1, -0.05) is 0 Å². The summed E-state index contributed by atoms with van der Waals surface area (Å²) in [6.45, 7) is 13.8. The SMILES string of the molecule is CC(C)(C)c1ccc2c(c1)-c1ccc(C(C)(C)C)[c]([Ti+2])c1C2.[Cl-].[Cl-]. The van der Waals surface area contributed by atoms with Gasteiger partial charge in [0.2, 0.25) is 0 Å². The smallest absolute Gasteiger partial charge is 1.00 e. The van der Waals surface area contributed by atoms with Gasteiger partial charge >= 0.3 is 147 Å². The van der Waals surface area contributed by atoms with Crippen LogP contribution in [0.2, 0.25) is 0 Å². The topological polar surface area (TPSA) is 0 Å². The van der Waals surface area contributed by atoms with Gasteiger partial charge < -0.3 is 24.8 Å². The van der Waals surface area contributed by atoms with Crippen LogP contribution in [0.25, 0.3) is 11.1 Å². The second-order valence-electron chi connectivity index (χ2n) is 8.56. The molecule has 0 fully saturated rings. The molecule has 127 valence electrons. The Morgan fingerprint density at radius 3 is 1.96 bits per heavy atom. The Morgan fingerprint density at radius 1 is 0.792 bits per heavy atom. The Bertz CT molecular complexity index is 750. The van der Waals surface area contributed by atoms with E-state index in [1.165, 1.54) is 37.2 Å². The van der Waals surface area contributed by atoms with Crippen molar-refractivity contribution in [1.82, 2.24) is 0 Å². The molecule has 3 heteroatoms. The molecule has 3 rings (SSSR count). The molecule has 1 aliphatic rings. The van der Waals surface area contributed by atoms with Crippen LogP contribution in [0.3, 0.4) is 0 Å². The molecule has 0 bridgehead atoms. The first kappa shape index (κ1) is 21.8. The molecule has 1 aliphatic carbocycles. The molecule has 0 N–H and O–H groups in total. The fraction of sp³-hybridized carbons (Fsp3) is 0.429. The molecule has 0 aromatic heterocycles. The van der Waals surface area contributed by atoms with E-state index in [9.17, 15) is 0 Å². The maximum Gasteiger partial charge on any atom is -1.00 e. The van der Waals surface area contributed by atoms with Crippen LogP contribution in [0, 0.1) is 0 Å². The van der Waals surface area contributed by atoms with Crippen molar-refractivity contribution >= 4 is 3.87 Å². The minimum absolute atomic E-state index is 0. The molecule has 0 atom stereocenters. The normalized spacial score (nSPS) is 12.8. The summed E-state index contributed by atoms with van der Waals surface area (Å²) < 4.78 is 1.48. The van der Waals surface area contributed by atoms with E-state index in [1.807, 2.05) is 0 Å². The fourth-order valence-corrected chi connectivity index (χ4v) is 4.41. The van der Waals surface area contributed by atoms with Crippen molar-refractivity contribution in [1.29, 1.82) is 0 Å². The number of benzene rings is 2. The number of rotatable bonds is 0. The van der Waals surface area contributed by atoms with Crippen molar-refractivity contribution < 1.29 is 45.2 Å². The maximum atomic E-state index is 2.41. The van der Waals surface area contributed by atoms with E-state index in [0.717, 1.165) is 6.42 Å². The monoisotopic (exact) mass is 395 g/mol. The van der Waals surface area contributed by atoms with Gasteiger partial charge in [0.15, 0.2) is 0 Å². The summed E-state index contributed by atoms with van der Waals surface area (Å²) in [6, 6.07) is 11.8. The average Bonchev–Trinajstić information content (AvgIpc) is 2.75. The van der Waals surface area contributed by atoms with Gasteiger partial charge in [-0.15, -0.1) is 0 Å². The summed E-state index contributed by atoms with van der Waals surface area (Å²) >= 11 is 2.30. The molecular weight excluding hydrogens is 371 g/mol. The third kappa shape index (κ3) is 3.78. The fourth-order valence-electron chi connectivity index (χ4n) is 3.35. The molecule has 24 heavy (non-hydrogen) atoms. The average molecular weight is 396 g/mol. The van der Waals surface area contributed by atoms with Crippen LogP contribution >= 0.6 is 0 Å². The van der Waals surface area contributed by atoms with Gasteiger partial charge in [-0.2, -0.15) is 0 Å². The van der Waals surface area contributed by atoms with Gasteiger partial charge in [0.25, 0.3) is 0 Å². The third-order valence-electron chi connectivity index (χ3n) is 4.75. The first-order valence-corrected chi connectivity index (χ1v) is 8.89. The van der Waals surface area contributed by atoms with Crippen LogP contribution in [0.4, 0.5) is 0 Å². The molecule has 0 nitrogen and oxygen atoms in total. The van der Waals surface area contributed by atoms with E-state index in [-0.39, 0.29) is 35.6 Å². The molecule has 0 spiro atoms. The zero-order valence-electron chi connectivity index (χ0n) is 15.3. The van der Waals surface area contributed by atoms with Crippen molar-refractivity contribution in [2.75, 3.05) is 0 Å². The largest absolute Gasteiger partial charge is 1.00 e. The maximum absolute atomic E-state index is 2.41. The van der Waals surface area contributed by atoms with Crippen molar-refractivity contribution in [2.45, 2.75) is 58.8 Å². The predicted molar refractivity (Wildman–Crippen MR) is 91.7 cm³/mol. The summed E-state index contributed by atoms with van der Waals surface area (Å²) in [6.07, 6.45) is 1.09. The Morgan fingerprint density at radius 2 is 1.42 bits per heavy atom. The van der Waals surface area contributed by atoms with Crippen molar-refractivity contribution in [3.63, 3.8) is 0 Å². The molecule has 2 aromatic rings. The van der Waals surface area contributed by atoms with E-state index < -0.39 is 0 Å². The van der Waals surface area contributed by atoms with Gasteiger partial charge in [-0.3, -0.25) is 0 Å². The van der Waals surface area contributed by atoms with Crippen LogP contribution in [0.1, 0.15) is 63.8 Å². The number of fused-ring (bicyclic) bond motifs is 3. The van der Waals surface area contributed by atoms with Crippen LogP contribution in [-0.2, 0) is 37.7 Å². The van der Waals surface area contributed by atoms with E-state index >= 15 is 0 Å². The Balaban J connectivity index is 0.00000144. The van der Waals surface area contributed by atoms with Gasteiger partial charge in [0.05, 0.1) is 0 Å². The second kappa shape index (κ2) is 7.16. The summed E-state index contributed by atoms with van der Waals surface area (Å²) in [5.74, 6) is 0. The van der Waals surface area contributed by atoms with Crippen LogP contribution in [0.5, 0.6) is 0 Å². The number of hydrogen-bond acceptors (Lipinski definition) is 0. The van der Waals surface area contributed by atoms with Gasteiger partial charge in [-0.05, 0) is 0 Å². The van der Waals surface area contributed by atoms with Gasteiger partial charge in [0.1, 0.15) is 0 Å². The summed E-state index contributed by atoms with van der Waals surface area (Å²) in [4.78, 5) is 0. The molecule has 0 saturated heterocycles. The zero-order chi connectivity index (χ0) is 16.3. The molecule has 0 heterocycles. The Kier molecular flexibility index (Phi) is 6.49. The van der Waals surface area contributed by atoms with Gasteiger partial charge in [-0.25, -0.2) is 0 Å². The van der Waals surface area contributed by atoms with E-state index in [0.29, 0.717) is 0 Å². The first-order valence-electron chi connectivity index (χ1n) is 8.11. The zero-order valence-corrected chi connectivity index (χ0v) is 18.4. The van der Waals surface area contributed by atoms with Gasteiger partial charge in [0, 0.05) is 0 Å². The standard InChI is InChI=1S/C21H25.2ClH.Ti/c1-20(2,3)16-9-10-18-15(12-16)11-14-7-8-17(13-19(14)18)21(4,5)6;;;/h7-10,13H,11H2,1-6H3;2*1H;/q;;;+2/p-2. The van der Waals surface area contributed by atoms with E-state index in [2.05, 4.69) is 92.3 Å². The van der Waals surface area contributed by atoms with Crippen LogP contribution in [-0.4, -0.2) is 0 Å². The Labute approximate surface area is 171 Å².